The molecule has 5 nitrogen and oxygen atoms in total. The van der Waals surface area contributed by atoms with Crippen molar-refractivity contribution in [1.82, 2.24) is 4.98 Å². The smallest absolute Gasteiger partial charge is 0.399 e. The fourth-order valence-corrected chi connectivity index (χ4v) is 5.18. The van der Waals surface area contributed by atoms with E-state index in [-0.39, 0.29) is 17.2 Å². The summed E-state index contributed by atoms with van der Waals surface area (Å²) < 4.78 is 63.2. The van der Waals surface area contributed by atoms with E-state index in [0.29, 0.717) is 12.0 Å². The number of halogens is 3. The molecular weight excluding hydrogens is 451 g/mol. The van der Waals surface area contributed by atoms with Crippen molar-refractivity contribution in [3.63, 3.8) is 0 Å². The number of nitrogen functional groups attached to an aromatic ring is 1. The Kier molecular flexibility index (Phi) is 5.86. The SMILES string of the molecule is Cc1cc(N[C@H](C)c2cc(N)cc(C(F)(F)F)c2)c2cc(C3=CCS(=O)(=O)CC3)ccc2n1. The van der Waals surface area contributed by atoms with Crippen molar-refractivity contribution < 1.29 is 21.6 Å². The molecule has 0 radical (unpaired) electrons. The second-order valence-electron chi connectivity index (χ2n) is 8.39. The molecule has 1 atom stereocenters. The standard InChI is InChI=1S/C24H24F3N3O2S/c1-14-9-23(30-15(2)18-10-19(24(25,26)27)13-20(28)11-18)21-12-17(3-4-22(21)29-14)16-5-7-33(31,32)8-6-16/h3-5,9-13,15H,6-8,28H2,1-2H3,(H,29,30)/t15-/m1/s1. The Hall–Kier alpha value is -3.07. The summed E-state index contributed by atoms with van der Waals surface area (Å²) in [7, 11) is -3.04. The van der Waals surface area contributed by atoms with Gasteiger partial charge < -0.3 is 11.1 Å². The first-order valence-corrected chi connectivity index (χ1v) is 12.3. The van der Waals surface area contributed by atoms with E-state index in [9.17, 15) is 21.6 Å². The van der Waals surface area contributed by atoms with Crippen molar-refractivity contribution in [1.29, 1.82) is 0 Å². The Labute approximate surface area is 190 Å². The van der Waals surface area contributed by atoms with E-state index in [1.807, 2.05) is 31.2 Å². The lowest BCUT2D eigenvalue weighted by molar-refractivity contribution is -0.137. The summed E-state index contributed by atoms with van der Waals surface area (Å²) in [5.74, 6) is 0.133. The maximum absolute atomic E-state index is 13.2. The van der Waals surface area contributed by atoms with Gasteiger partial charge in [-0.05, 0) is 73.4 Å². The maximum Gasteiger partial charge on any atom is 0.416 e. The molecule has 0 fully saturated rings. The van der Waals surface area contributed by atoms with Gasteiger partial charge in [-0.1, -0.05) is 12.1 Å². The molecule has 0 saturated heterocycles. The molecule has 4 rings (SSSR count). The minimum Gasteiger partial charge on any atom is -0.399 e. The number of allylic oxidation sites excluding steroid dienone is 1. The van der Waals surface area contributed by atoms with Gasteiger partial charge in [0.1, 0.15) is 0 Å². The minimum atomic E-state index is -4.49. The highest BCUT2D eigenvalue weighted by atomic mass is 32.2. The van der Waals surface area contributed by atoms with E-state index in [1.54, 1.807) is 13.0 Å². The zero-order valence-electron chi connectivity index (χ0n) is 18.2. The van der Waals surface area contributed by atoms with Gasteiger partial charge in [-0.25, -0.2) is 8.42 Å². The lowest BCUT2D eigenvalue weighted by atomic mass is 9.99. The van der Waals surface area contributed by atoms with Crippen LogP contribution >= 0.6 is 0 Å². The molecule has 9 heteroatoms. The number of fused-ring (bicyclic) bond motifs is 1. The van der Waals surface area contributed by atoms with Crippen molar-refractivity contribution in [2.75, 3.05) is 22.6 Å². The summed E-state index contributed by atoms with van der Waals surface area (Å²) in [6.07, 6.45) is -2.31. The molecule has 2 aromatic carbocycles. The van der Waals surface area contributed by atoms with Gasteiger partial charge in [-0.3, -0.25) is 4.98 Å². The molecule has 3 N–H and O–H groups in total. The molecule has 174 valence electrons. The normalized spacial score (nSPS) is 16.9. The molecule has 1 aliphatic heterocycles. The monoisotopic (exact) mass is 475 g/mol. The van der Waals surface area contributed by atoms with Crippen LogP contribution in [0, 0.1) is 6.92 Å². The van der Waals surface area contributed by atoms with Crippen LogP contribution in [-0.2, 0) is 16.0 Å². The van der Waals surface area contributed by atoms with Gasteiger partial charge >= 0.3 is 6.18 Å². The number of aryl methyl sites for hydroxylation is 1. The Morgan fingerprint density at radius 2 is 1.88 bits per heavy atom. The van der Waals surface area contributed by atoms with E-state index < -0.39 is 27.6 Å². The van der Waals surface area contributed by atoms with E-state index in [1.165, 1.54) is 6.07 Å². The number of hydrogen-bond donors (Lipinski definition) is 2. The van der Waals surface area contributed by atoms with Crippen LogP contribution in [0.1, 0.15) is 41.8 Å². The summed E-state index contributed by atoms with van der Waals surface area (Å²) >= 11 is 0. The molecule has 0 spiro atoms. The van der Waals surface area contributed by atoms with Crippen molar-refractivity contribution in [2.24, 2.45) is 0 Å². The van der Waals surface area contributed by atoms with Crippen LogP contribution in [0.4, 0.5) is 24.5 Å². The van der Waals surface area contributed by atoms with Gasteiger partial charge in [-0.15, -0.1) is 0 Å². The number of benzene rings is 2. The molecule has 0 amide bonds. The van der Waals surface area contributed by atoms with Crippen LogP contribution in [0.25, 0.3) is 16.5 Å². The lowest BCUT2D eigenvalue weighted by Crippen LogP contribution is -2.15. The number of nitrogens with two attached hydrogens (primary N) is 1. The Morgan fingerprint density at radius 1 is 1.12 bits per heavy atom. The van der Waals surface area contributed by atoms with Crippen LogP contribution < -0.4 is 11.1 Å². The lowest BCUT2D eigenvalue weighted by Gasteiger charge is -2.20. The second-order valence-corrected chi connectivity index (χ2v) is 10.6. The first-order valence-electron chi connectivity index (χ1n) is 10.5. The Balaban J connectivity index is 1.72. The number of alkyl halides is 3. The molecule has 2 heterocycles. The molecular formula is C24H24F3N3O2S. The summed E-state index contributed by atoms with van der Waals surface area (Å²) in [5.41, 5.74) is 9.50. The number of nitrogens with zero attached hydrogens (tertiary/aromatic N) is 1. The molecule has 0 unspecified atom stereocenters. The molecule has 1 aliphatic rings. The number of aromatic nitrogens is 1. The van der Waals surface area contributed by atoms with Crippen molar-refractivity contribution in [3.05, 3.63) is 70.9 Å². The number of nitrogens with one attached hydrogen (secondary N) is 1. The van der Waals surface area contributed by atoms with E-state index in [0.717, 1.165) is 45.6 Å². The Bertz CT molecular complexity index is 1370. The predicted molar refractivity (Wildman–Crippen MR) is 126 cm³/mol. The highest BCUT2D eigenvalue weighted by Gasteiger charge is 2.31. The van der Waals surface area contributed by atoms with Crippen LogP contribution in [0.5, 0.6) is 0 Å². The highest BCUT2D eigenvalue weighted by Crippen LogP contribution is 2.35. The van der Waals surface area contributed by atoms with Crippen molar-refractivity contribution in [2.45, 2.75) is 32.5 Å². The fraction of sp³-hybridized carbons (Fsp3) is 0.292. The number of hydrogen-bond acceptors (Lipinski definition) is 5. The zero-order valence-corrected chi connectivity index (χ0v) is 19.0. The zero-order chi connectivity index (χ0) is 24.0. The third-order valence-electron chi connectivity index (χ3n) is 5.75. The van der Waals surface area contributed by atoms with Crippen LogP contribution in [0.2, 0.25) is 0 Å². The number of sulfone groups is 1. The van der Waals surface area contributed by atoms with E-state index in [2.05, 4.69) is 10.3 Å². The van der Waals surface area contributed by atoms with Gasteiger partial charge in [0, 0.05) is 28.5 Å². The summed E-state index contributed by atoms with van der Waals surface area (Å²) in [6.45, 7) is 3.62. The van der Waals surface area contributed by atoms with Gasteiger partial charge in [-0.2, -0.15) is 13.2 Å². The first-order chi connectivity index (χ1) is 15.4. The molecule has 3 aromatic rings. The third-order valence-corrected chi connectivity index (χ3v) is 7.25. The van der Waals surface area contributed by atoms with Gasteiger partial charge in [0.15, 0.2) is 9.84 Å². The van der Waals surface area contributed by atoms with E-state index >= 15 is 0 Å². The van der Waals surface area contributed by atoms with Crippen molar-refractivity contribution in [3.8, 4) is 0 Å². The van der Waals surface area contributed by atoms with Gasteiger partial charge in [0.25, 0.3) is 0 Å². The average Bonchev–Trinajstić information content (AvgIpc) is 2.72. The fourth-order valence-electron chi connectivity index (χ4n) is 4.02. The molecule has 33 heavy (non-hydrogen) atoms. The maximum atomic E-state index is 13.2. The minimum absolute atomic E-state index is 0.0195. The number of pyridine rings is 1. The van der Waals surface area contributed by atoms with Crippen molar-refractivity contribution >= 4 is 37.7 Å². The summed E-state index contributed by atoms with van der Waals surface area (Å²) in [4.78, 5) is 4.56. The summed E-state index contributed by atoms with van der Waals surface area (Å²) in [5, 5.41) is 4.12. The van der Waals surface area contributed by atoms with Crippen LogP contribution in [0.15, 0.2) is 48.5 Å². The molecule has 1 aromatic heterocycles. The molecule has 0 bridgehead atoms. The summed E-state index contributed by atoms with van der Waals surface area (Å²) in [6, 6.07) is 10.7. The second kappa shape index (κ2) is 8.37. The first kappa shape index (κ1) is 23.1. The number of anilines is 2. The number of rotatable bonds is 4. The van der Waals surface area contributed by atoms with E-state index in [4.69, 9.17) is 5.73 Å². The topological polar surface area (TPSA) is 85.1 Å². The highest BCUT2D eigenvalue weighted by molar-refractivity contribution is 7.91. The quantitative estimate of drug-likeness (QED) is 0.486. The van der Waals surface area contributed by atoms with Crippen LogP contribution in [-0.4, -0.2) is 24.9 Å². The van der Waals surface area contributed by atoms with Crippen LogP contribution in [0.3, 0.4) is 0 Å². The predicted octanol–water partition coefficient (Wildman–Crippen LogP) is 5.52. The largest absolute Gasteiger partial charge is 0.416 e. The third kappa shape index (κ3) is 5.13. The molecule has 0 saturated carbocycles. The Morgan fingerprint density at radius 3 is 2.55 bits per heavy atom. The van der Waals surface area contributed by atoms with Gasteiger partial charge in [0.05, 0.1) is 22.6 Å². The van der Waals surface area contributed by atoms with Gasteiger partial charge in [0.2, 0.25) is 0 Å². The average molecular weight is 476 g/mol. The molecule has 0 aliphatic carbocycles.